The van der Waals surface area contributed by atoms with Crippen molar-refractivity contribution in [1.82, 2.24) is 15.1 Å². The topological polar surface area (TPSA) is 83.5 Å². The average molecular weight is 445 g/mol. The first-order chi connectivity index (χ1) is 14.8. The van der Waals surface area contributed by atoms with Crippen LogP contribution in [0.1, 0.15) is 49.6 Å². The van der Waals surface area contributed by atoms with Crippen LogP contribution in [-0.4, -0.2) is 40.6 Å². The molecule has 2 aromatic heterocycles. The van der Waals surface area contributed by atoms with Crippen molar-refractivity contribution in [2.45, 2.75) is 46.1 Å². The van der Waals surface area contributed by atoms with Crippen molar-refractivity contribution in [2.24, 2.45) is 5.92 Å². The molecule has 4 rings (SSSR count). The molecule has 2 N–H and O–H groups in total. The first-order valence-corrected chi connectivity index (χ1v) is 11.2. The number of aryl methyl sites for hydroxylation is 1. The predicted octanol–water partition coefficient (Wildman–Crippen LogP) is 5.25. The van der Waals surface area contributed by atoms with Gasteiger partial charge in [-0.25, -0.2) is 4.79 Å². The minimum Gasteiger partial charge on any atom is -0.465 e. The van der Waals surface area contributed by atoms with Crippen molar-refractivity contribution in [3.63, 3.8) is 0 Å². The third-order valence-corrected chi connectivity index (χ3v) is 6.16. The summed E-state index contributed by atoms with van der Waals surface area (Å²) < 4.78 is 7.93. The molecule has 1 saturated heterocycles. The number of carboxylic acid groups (broad SMARTS) is 1. The van der Waals surface area contributed by atoms with Gasteiger partial charge in [-0.05, 0) is 57.0 Å². The van der Waals surface area contributed by atoms with Gasteiger partial charge in [0.1, 0.15) is 11.3 Å². The lowest BCUT2D eigenvalue weighted by atomic mass is 9.98. The Hall–Kier alpha value is -2.51. The number of amides is 1. The van der Waals surface area contributed by atoms with Gasteiger partial charge >= 0.3 is 6.09 Å². The zero-order chi connectivity index (χ0) is 22.1. The van der Waals surface area contributed by atoms with Gasteiger partial charge in [-0.2, -0.15) is 5.10 Å². The molecule has 1 amide bonds. The SMILES string of the molecule is Cc1cc(N(CC2CCNCC2)C(=O)O)nn1Cc1cc(Cl)cc2cc(C(C)C)oc12. The van der Waals surface area contributed by atoms with Gasteiger partial charge in [0.15, 0.2) is 5.82 Å². The first-order valence-electron chi connectivity index (χ1n) is 10.8. The second-order valence-corrected chi connectivity index (χ2v) is 9.11. The quantitative estimate of drug-likeness (QED) is 0.542. The number of nitrogens with one attached hydrogen (secondary N) is 1. The summed E-state index contributed by atoms with van der Waals surface area (Å²) in [6, 6.07) is 7.66. The van der Waals surface area contributed by atoms with Crippen LogP contribution in [0.4, 0.5) is 10.6 Å². The Morgan fingerprint density at radius 3 is 2.74 bits per heavy atom. The molecule has 31 heavy (non-hydrogen) atoms. The lowest BCUT2D eigenvalue weighted by molar-refractivity contribution is 0.199. The maximum atomic E-state index is 12.0. The highest BCUT2D eigenvalue weighted by molar-refractivity contribution is 6.31. The van der Waals surface area contributed by atoms with Gasteiger partial charge in [-0.15, -0.1) is 0 Å². The summed E-state index contributed by atoms with van der Waals surface area (Å²) in [4.78, 5) is 13.3. The molecule has 7 nitrogen and oxygen atoms in total. The van der Waals surface area contributed by atoms with Gasteiger partial charge in [-0.1, -0.05) is 25.4 Å². The van der Waals surface area contributed by atoms with Gasteiger partial charge in [-0.3, -0.25) is 9.58 Å². The summed E-state index contributed by atoms with van der Waals surface area (Å²) in [6.45, 7) is 8.89. The summed E-state index contributed by atoms with van der Waals surface area (Å²) in [5.74, 6) is 1.99. The number of rotatable bonds is 6. The van der Waals surface area contributed by atoms with E-state index in [0.29, 0.717) is 29.8 Å². The third-order valence-electron chi connectivity index (χ3n) is 5.94. The highest BCUT2D eigenvalue weighted by Gasteiger charge is 2.24. The molecule has 0 radical (unpaired) electrons. The van der Waals surface area contributed by atoms with E-state index in [9.17, 15) is 9.90 Å². The van der Waals surface area contributed by atoms with Crippen LogP contribution < -0.4 is 10.2 Å². The summed E-state index contributed by atoms with van der Waals surface area (Å²) in [5, 5.41) is 19.4. The number of hydrogen-bond donors (Lipinski definition) is 2. The maximum absolute atomic E-state index is 12.0. The van der Waals surface area contributed by atoms with Crippen LogP contribution in [0.25, 0.3) is 11.0 Å². The van der Waals surface area contributed by atoms with Crippen molar-refractivity contribution < 1.29 is 14.3 Å². The van der Waals surface area contributed by atoms with Gasteiger partial charge in [0.25, 0.3) is 0 Å². The molecule has 1 aliphatic rings. The molecule has 3 heterocycles. The molecule has 1 fully saturated rings. The van der Waals surface area contributed by atoms with E-state index in [1.807, 2.05) is 35.9 Å². The van der Waals surface area contributed by atoms with Gasteiger partial charge in [0.05, 0.1) is 6.54 Å². The Kier molecular flexibility index (Phi) is 6.25. The summed E-state index contributed by atoms with van der Waals surface area (Å²) in [7, 11) is 0. The standard InChI is InChI=1S/C23H29ClN4O3/c1-14(2)20-11-17-9-19(24)10-18(22(17)31-20)13-28-15(3)8-21(26-28)27(23(29)30)12-16-4-6-25-7-5-16/h8-11,14,16,25H,4-7,12-13H2,1-3H3,(H,29,30). The number of halogens is 1. The van der Waals surface area contributed by atoms with Crippen LogP contribution in [0.15, 0.2) is 28.7 Å². The number of anilines is 1. The molecule has 0 bridgehead atoms. The van der Waals surface area contributed by atoms with Crippen LogP contribution in [-0.2, 0) is 6.54 Å². The second-order valence-electron chi connectivity index (χ2n) is 8.67. The Balaban J connectivity index is 1.62. The van der Waals surface area contributed by atoms with Crippen molar-refractivity contribution >= 4 is 34.5 Å². The molecule has 166 valence electrons. The maximum Gasteiger partial charge on any atom is 0.413 e. The van der Waals surface area contributed by atoms with E-state index in [2.05, 4.69) is 24.3 Å². The molecule has 1 aromatic carbocycles. The van der Waals surface area contributed by atoms with E-state index in [1.54, 1.807) is 0 Å². The molecule has 0 aliphatic carbocycles. The number of piperidine rings is 1. The average Bonchev–Trinajstić information content (AvgIpc) is 3.30. The van der Waals surface area contributed by atoms with Crippen LogP contribution in [0.2, 0.25) is 5.02 Å². The second kappa shape index (κ2) is 8.93. The van der Waals surface area contributed by atoms with E-state index in [-0.39, 0.29) is 5.92 Å². The predicted molar refractivity (Wildman–Crippen MR) is 122 cm³/mol. The van der Waals surface area contributed by atoms with Crippen LogP contribution in [0, 0.1) is 12.8 Å². The third kappa shape index (κ3) is 4.72. The molecule has 8 heteroatoms. The lowest BCUT2D eigenvalue weighted by Crippen LogP contribution is -2.39. The Morgan fingerprint density at radius 1 is 1.32 bits per heavy atom. The van der Waals surface area contributed by atoms with Crippen LogP contribution in [0.5, 0.6) is 0 Å². The van der Waals surface area contributed by atoms with Crippen molar-refractivity contribution in [3.8, 4) is 0 Å². The molecule has 0 spiro atoms. The molecular weight excluding hydrogens is 416 g/mol. The number of benzene rings is 1. The van der Waals surface area contributed by atoms with E-state index in [0.717, 1.165) is 53.9 Å². The summed E-state index contributed by atoms with van der Waals surface area (Å²) >= 11 is 6.36. The van der Waals surface area contributed by atoms with Crippen LogP contribution in [0.3, 0.4) is 0 Å². The zero-order valence-electron chi connectivity index (χ0n) is 18.2. The largest absolute Gasteiger partial charge is 0.465 e. The number of hydrogen-bond acceptors (Lipinski definition) is 4. The van der Waals surface area contributed by atoms with Crippen molar-refractivity contribution in [1.29, 1.82) is 0 Å². The molecule has 3 aromatic rings. The van der Waals surface area contributed by atoms with E-state index >= 15 is 0 Å². The molecule has 1 aliphatic heterocycles. The fraction of sp³-hybridized carbons (Fsp3) is 0.478. The minimum absolute atomic E-state index is 0.274. The molecule has 0 atom stereocenters. The van der Waals surface area contributed by atoms with E-state index in [1.165, 1.54) is 4.90 Å². The number of fused-ring (bicyclic) bond motifs is 1. The lowest BCUT2D eigenvalue weighted by Gasteiger charge is -2.27. The zero-order valence-corrected chi connectivity index (χ0v) is 18.9. The normalized spacial score (nSPS) is 15.1. The molecule has 0 unspecified atom stereocenters. The first kappa shape index (κ1) is 21.7. The number of nitrogens with zero attached hydrogens (tertiary/aromatic N) is 3. The van der Waals surface area contributed by atoms with Gasteiger partial charge in [0, 0.05) is 40.2 Å². The monoisotopic (exact) mass is 444 g/mol. The van der Waals surface area contributed by atoms with E-state index in [4.69, 9.17) is 16.0 Å². The van der Waals surface area contributed by atoms with Gasteiger partial charge in [0.2, 0.25) is 0 Å². The molecular formula is C23H29ClN4O3. The molecule has 0 saturated carbocycles. The fourth-order valence-electron chi connectivity index (χ4n) is 4.15. The Labute approximate surface area is 187 Å². The fourth-order valence-corrected chi connectivity index (χ4v) is 4.39. The Morgan fingerprint density at radius 2 is 2.06 bits per heavy atom. The number of aromatic nitrogens is 2. The number of furan rings is 1. The highest BCUT2D eigenvalue weighted by atomic mass is 35.5. The van der Waals surface area contributed by atoms with E-state index < -0.39 is 6.09 Å². The van der Waals surface area contributed by atoms with Gasteiger partial charge < -0.3 is 14.8 Å². The summed E-state index contributed by atoms with van der Waals surface area (Å²) in [5.41, 5.74) is 2.61. The highest BCUT2D eigenvalue weighted by Crippen LogP contribution is 2.31. The number of carbonyl (C=O) groups is 1. The van der Waals surface area contributed by atoms with Crippen molar-refractivity contribution in [3.05, 3.63) is 46.3 Å². The van der Waals surface area contributed by atoms with Crippen molar-refractivity contribution in [2.75, 3.05) is 24.5 Å². The smallest absolute Gasteiger partial charge is 0.413 e. The summed E-state index contributed by atoms with van der Waals surface area (Å²) in [6.07, 6.45) is 0.974. The Bertz CT molecular complexity index is 1080. The van der Waals surface area contributed by atoms with Crippen LogP contribution >= 0.6 is 11.6 Å². The minimum atomic E-state index is -0.971.